The Bertz CT molecular complexity index is 452. The van der Waals surface area contributed by atoms with Crippen molar-refractivity contribution in [2.45, 2.75) is 19.9 Å². The summed E-state index contributed by atoms with van der Waals surface area (Å²) in [7, 11) is 0. The maximum absolute atomic E-state index is 5.56. The van der Waals surface area contributed by atoms with Gasteiger partial charge >= 0.3 is 6.01 Å². The first-order valence-electron chi connectivity index (χ1n) is 4.95. The van der Waals surface area contributed by atoms with Gasteiger partial charge < -0.3 is 14.2 Å². The second kappa shape index (κ2) is 5.03. The van der Waals surface area contributed by atoms with Crippen molar-refractivity contribution in [2.75, 3.05) is 11.2 Å². The van der Waals surface area contributed by atoms with Crippen molar-refractivity contribution in [1.82, 2.24) is 10.2 Å². The summed E-state index contributed by atoms with van der Waals surface area (Å²) >= 11 is 5.56. The molecule has 86 valence electrons. The summed E-state index contributed by atoms with van der Waals surface area (Å²) < 4.78 is 10.7. The van der Waals surface area contributed by atoms with E-state index in [2.05, 4.69) is 15.5 Å². The van der Waals surface area contributed by atoms with E-state index in [1.807, 2.05) is 19.1 Å². The maximum atomic E-state index is 5.56. The molecule has 5 nitrogen and oxygen atoms in total. The molecule has 0 aliphatic carbocycles. The second-order valence-corrected chi connectivity index (χ2v) is 3.68. The summed E-state index contributed by atoms with van der Waals surface area (Å²) in [5.74, 6) is 2.71. The molecule has 0 saturated heterocycles. The van der Waals surface area contributed by atoms with Crippen LogP contribution in [0.15, 0.2) is 21.0 Å². The van der Waals surface area contributed by atoms with Gasteiger partial charge in [0.05, 0.1) is 6.54 Å². The van der Waals surface area contributed by atoms with Gasteiger partial charge in [-0.1, -0.05) is 5.10 Å². The second-order valence-electron chi connectivity index (χ2n) is 3.31. The highest BCUT2D eigenvalue weighted by Crippen LogP contribution is 2.10. The molecule has 0 radical (unpaired) electrons. The quantitative estimate of drug-likeness (QED) is 0.815. The molecule has 0 atom stereocenters. The Balaban J connectivity index is 1.89. The minimum Gasteiger partial charge on any atom is -0.465 e. The minimum atomic E-state index is 0.383. The maximum Gasteiger partial charge on any atom is 0.315 e. The van der Waals surface area contributed by atoms with E-state index in [9.17, 15) is 0 Å². The van der Waals surface area contributed by atoms with Gasteiger partial charge in [0.1, 0.15) is 11.5 Å². The van der Waals surface area contributed by atoms with Crippen LogP contribution in [0.3, 0.4) is 0 Å². The lowest BCUT2D eigenvalue weighted by Gasteiger charge is -1.96. The Hall–Kier alpha value is -1.49. The number of aromatic nitrogens is 2. The monoisotopic (exact) mass is 241 g/mol. The third-order valence-corrected chi connectivity index (χ3v) is 2.17. The Kier molecular flexibility index (Phi) is 3.46. The number of hydrogen-bond acceptors (Lipinski definition) is 5. The van der Waals surface area contributed by atoms with Crippen LogP contribution in [0, 0.1) is 6.92 Å². The number of nitrogens with zero attached hydrogens (tertiary/aromatic N) is 2. The number of halogens is 1. The van der Waals surface area contributed by atoms with Crippen LogP contribution in [0.5, 0.6) is 0 Å². The molecule has 2 heterocycles. The molecule has 2 aromatic heterocycles. The van der Waals surface area contributed by atoms with E-state index in [1.54, 1.807) is 0 Å². The van der Waals surface area contributed by atoms with Gasteiger partial charge in [-0.25, -0.2) is 0 Å². The van der Waals surface area contributed by atoms with Crippen LogP contribution in [0.2, 0.25) is 0 Å². The summed E-state index contributed by atoms with van der Waals surface area (Å²) in [6.45, 7) is 2.42. The topological polar surface area (TPSA) is 64.1 Å². The molecule has 0 aliphatic heterocycles. The number of furan rings is 1. The smallest absolute Gasteiger partial charge is 0.315 e. The molecule has 0 spiro atoms. The molecule has 0 fully saturated rings. The molecule has 1 N–H and O–H groups in total. The van der Waals surface area contributed by atoms with Crippen molar-refractivity contribution >= 4 is 17.6 Å². The van der Waals surface area contributed by atoms with Gasteiger partial charge in [0.25, 0.3) is 0 Å². The first kappa shape index (κ1) is 11.0. The fourth-order valence-corrected chi connectivity index (χ4v) is 1.41. The zero-order valence-corrected chi connectivity index (χ0v) is 9.62. The van der Waals surface area contributed by atoms with E-state index in [0.29, 0.717) is 30.8 Å². The SMILES string of the molecule is Cc1ccc(CNc2nnc(CCCl)o2)o1. The summed E-state index contributed by atoms with van der Waals surface area (Å²) in [6.07, 6.45) is 0.579. The predicted octanol–water partition coefficient (Wildman–Crippen LogP) is 2.36. The van der Waals surface area contributed by atoms with Crippen molar-refractivity contribution in [1.29, 1.82) is 0 Å². The van der Waals surface area contributed by atoms with Gasteiger partial charge in [0.15, 0.2) is 0 Å². The molecular formula is C10H12ClN3O2. The minimum absolute atomic E-state index is 0.383. The molecule has 0 unspecified atom stereocenters. The number of aryl methyl sites for hydroxylation is 2. The standard InChI is InChI=1S/C10H12ClN3O2/c1-7-2-3-8(15-7)6-12-10-14-13-9(16-10)4-5-11/h2-3H,4-6H2,1H3,(H,12,14). The van der Waals surface area contributed by atoms with Crippen molar-refractivity contribution in [3.8, 4) is 0 Å². The van der Waals surface area contributed by atoms with E-state index in [-0.39, 0.29) is 0 Å². The molecule has 0 aromatic carbocycles. The Morgan fingerprint density at radius 3 is 2.88 bits per heavy atom. The molecule has 2 rings (SSSR count). The van der Waals surface area contributed by atoms with Crippen LogP contribution < -0.4 is 5.32 Å². The fourth-order valence-electron chi connectivity index (χ4n) is 1.25. The lowest BCUT2D eigenvalue weighted by Crippen LogP contribution is -1.97. The molecule has 0 saturated carbocycles. The van der Waals surface area contributed by atoms with Gasteiger partial charge in [0.2, 0.25) is 5.89 Å². The highest BCUT2D eigenvalue weighted by atomic mass is 35.5. The van der Waals surface area contributed by atoms with E-state index >= 15 is 0 Å². The van der Waals surface area contributed by atoms with E-state index in [1.165, 1.54) is 0 Å². The van der Waals surface area contributed by atoms with Crippen LogP contribution in [-0.4, -0.2) is 16.1 Å². The van der Waals surface area contributed by atoms with Crippen LogP contribution in [0.25, 0.3) is 0 Å². The molecule has 16 heavy (non-hydrogen) atoms. The normalized spacial score (nSPS) is 10.6. The third-order valence-electron chi connectivity index (χ3n) is 1.99. The van der Waals surface area contributed by atoms with Crippen LogP contribution in [0.4, 0.5) is 6.01 Å². The van der Waals surface area contributed by atoms with Gasteiger partial charge in [-0.15, -0.1) is 16.7 Å². The fraction of sp³-hybridized carbons (Fsp3) is 0.400. The molecule has 0 bridgehead atoms. The Labute approximate surface area is 97.8 Å². The Morgan fingerprint density at radius 2 is 2.19 bits per heavy atom. The largest absolute Gasteiger partial charge is 0.465 e. The number of nitrogens with one attached hydrogen (secondary N) is 1. The summed E-state index contributed by atoms with van der Waals surface area (Å²) in [5, 5.41) is 10.6. The molecule has 0 amide bonds. The lowest BCUT2D eigenvalue weighted by molar-refractivity contribution is 0.480. The van der Waals surface area contributed by atoms with Gasteiger partial charge in [-0.05, 0) is 19.1 Å². The first-order valence-corrected chi connectivity index (χ1v) is 5.49. The van der Waals surface area contributed by atoms with Crippen molar-refractivity contribution < 1.29 is 8.83 Å². The van der Waals surface area contributed by atoms with E-state index < -0.39 is 0 Å². The van der Waals surface area contributed by atoms with Crippen molar-refractivity contribution in [2.24, 2.45) is 0 Å². The van der Waals surface area contributed by atoms with Crippen molar-refractivity contribution in [3.63, 3.8) is 0 Å². The zero-order chi connectivity index (χ0) is 11.4. The van der Waals surface area contributed by atoms with Gasteiger partial charge in [-0.2, -0.15) is 0 Å². The Morgan fingerprint density at radius 1 is 1.31 bits per heavy atom. The summed E-state index contributed by atoms with van der Waals surface area (Å²) in [6, 6.07) is 4.19. The summed E-state index contributed by atoms with van der Waals surface area (Å²) in [5.41, 5.74) is 0. The predicted molar refractivity (Wildman–Crippen MR) is 59.5 cm³/mol. The molecule has 2 aromatic rings. The number of rotatable bonds is 5. The number of anilines is 1. The highest BCUT2D eigenvalue weighted by molar-refractivity contribution is 6.17. The van der Waals surface area contributed by atoms with Crippen molar-refractivity contribution in [3.05, 3.63) is 29.5 Å². The van der Waals surface area contributed by atoms with Crippen LogP contribution in [-0.2, 0) is 13.0 Å². The molecular weight excluding hydrogens is 230 g/mol. The number of alkyl halides is 1. The average Bonchev–Trinajstić information content (AvgIpc) is 2.85. The van der Waals surface area contributed by atoms with E-state index in [4.69, 9.17) is 20.4 Å². The van der Waals surface area contributed by atoms with Crippen LogP contribution >= 0.6 is 11.6 Å². The first-order chi connectivity index (χ1) is 7.78. The molecule has 0 aliphatic rings. The summed E-state index contributed by atoms with van der Waals surface area (Å²) in [4.78, 5) is 0. The lowest BCUT2D eigenvalue weighted by atomic mass is 10.4. The number of hydrogen-bond donors (Lipinski definition) is 1. The average molecular weight is 242 g/mol. The van der Waals surface area contributed by atoms with Gasteiger partial charge in [0, 0.05) is 12.3 Å². The van der Waals surface area contributed by atoms with E-state index in [0.717, 1.165) is 11.5 Å². The third kappa shape index (κ3) is 2.76. The van der Waals surface area contributed by atoms with Gasteiger partial charge in [-0.3, -0.25) is 0 Å². The van der Waals surface area contributed by atoms with Crippen LogP contribution in [0.1, 0.15) is 17.4 Å². The zero-order valence-electron chi connectivity index (χ0n) is 8.86. The highest BCUT2D eigenvalue weighted by Gasteiger charge is 2.05. The molecule has 6 heteroatoms.